The van der Waals surface area contributed by atoms with E-state index in [9.17, 15) is 4.39 Å². The van der Waals surface area contributed by atoms with Crippen molar-refractivity contribution in [3.8, 4) is 11.5 Å². The molecule has 0 fully saturated rings. The summed E-state index contributed by atoms with van der Waals surface area (Å²) in [5.41, 5.74) is 2.38. The summed E-state index contributed by atoms with van der Waals surface area (Å²) in [6, 6.07) is 2.73. The molecule has 5 heteroatoms. The van der Waals surface area contributed by atoms with Gasteiger partial charge in [0.25, 0.3) is 0 Å². The van der Waals surface area contributed by atoms with E-state index in [1.165, 1.54) is 26.4 Å². The van der Waals surface area contributed by atoms with Crippen molar-refractivity contribution in [3.05, 3.63) is 23.5 Å². The van der Waals surface area contributed by atoms with Gasteiger partial charge in [-0.2, -0.15) is 0 Å². The van der Waals surface area contributed by atoms with E-state index in [0.29, 0.717) is 11.3 Å². The Balaban J connectivity index is 3.21. The van der Waals surface area contributed by atoms with Crippen molar-refractivity contribution in [3.63, 3.8) is 0 Å². The molecule has 0 spiro atoms. The van der Waals surface area contributed by atoms with Gasteiger partial charge in [0.1, 0.15) is 5.75 Å². The SMILES string of the molecule is COc1ccc(F)c(OC)c1CNO. The third kappa shape index (κ3) is 1.94. The zero-order valence-electron chi connectivity index (χ0n) is 8.00. The monoisotopic (exact) mass is 201 g/mol. The first-order valence-electron chi connectivity index (χ1n) is 4.01. The van der Waals surface area contributed by atoms with Gasteiger partial charge in [-0.05, 0) is 12.1 Å². The van der Waals surface area contributed by atoms with Crippen LogP contribution in [0.1, 0.15) is 5.56 Å². The first-order chi connectivity index (χ1) is 6.74. The van der Waals surface area contributed by atoms with Crippen molar-refractivity contribution >= 4 is 0 Å². The molecule has 0 amide bonds. The fourth-order valence-corrected chi connectivity index (χ4v) is 1.24. The van der Waals surface area contributed by atoms with E-state index >= 15 is 0 Å². The number of hydrogen-bond acceptors (Lipinski definition) is 4. The molecule has 2 N–H and O–H groups in total. The smallest absolute Gasteiger partial charge is 0.165 e. The van der Waals surface area contributed by atoms with Gasteiger partial charge >= 0.3 is 0 Å². The number of hydrogen-bond donors (Lipinski definition) is 2. The molecule has 1 rings (SSSR count). The first kappa shape index (κ1) is 10.7. The Morgan fingerprint density at radius 3 is 2.57 bits per heavy atom. The molecule has 0 heterocycles. The van der Waals surface area contributed by atoms with E-state index in [2.05, 4.69) is 0 Å². The molecular weight excluding hydrogens is 189 g/mol. The van der Waals surface area contributed by atoms with Gasteiger partial charge in [0.2, 0.25) is 0 Å². The lowest BCUT2D eigenvalue weighted by molar-refractivity contribution is 0.158. The van der Waals surface area contributed by atoms with Crippen LogP contribution in [0.5, 0.6) is 11.5 Å². The number of nitrogens with one attached hydrogen (secondary N) is 1. The fraction of sp³-hybridized carbons (Fsp3) is 0.333. The van der Waals surface area contributed by atoms with Crippen molar-refractivity contribution in [1.82, 2.24) is 5.48 Å². The highest BCUT2D eigenvalue weighted by Crippen LogP contribution is 2.30. The second-order valence-corrected chi connectivity index (χ2v) is 2.60. The van der Waals surface area contributed by atoms with E-state index < -0.39 is 5.82 Å². The average molecular weight is 201 g/mol. The Hall–Kier alpha value is -1.33. The lowest BCUT2D eigenvalue weighted by Gasteiger charge is -2.12. The summed E-state index contributed by atoms with van der Waals surface area (Å²) in [6.07, 6.45) is 0. The maximum Gasteiger partial charge on any atom is 0.165 e. The van der Waals surface area contributed by atoms with Crippen LogP contribution in [0.2, 0.25) is 0 Å². The van der Waals surface area contributed by atoms with Crippen molar-refractivity contribution in [1.29, 1.82) is 0 Å². The van der Waals surface area contributed by atoms with Gasteiger partial charge in [-0.3, -0.25) is 0 Å². The molecule has 0 aliphatic carbocycles. The Bertz CT molecular complexity index is 317. The number of benzene rings is 1. The van der Waals surface area contributed by atoms with E-state index in [1.54, 1.807) is 0 Å². The van der Waals surface area contributed by atoms with Gasteiger partial charge in [0, 0.05) is 0 Å². The Morgan fingerprint density at radius 1 is 1.36 bits per heavy atom. The maximum absolute atomic E-state index is 13.2. The summed E-state index contributed by atoms with van der Waals surface area (Å²) in [6.45, 7) is 0.0596. The van der Waals surface area contributed by atoms with Crippen molar-refractivity contribution in [2.75, 3.05) is 14.2 Å². The van der Waals surface area contributed by atoms with Crippen LogP contribution in [0.25, 0.3) is 0 Å². The van der Waals surface area contributed by atoms with Gasteiger partial charge in [0.15, 0.2) is 11.6 Å². The van der Waals surface area contributed by atoms with Crippen molar-refractivity contribution in [2.45, 2.75) is 6.54 Å². The standard InChI is InChI=1S/C9H12FNO3/c1-13-8-4-3-7(10)9(14-2)6(8)5-11-12/h3-4,11-12H,5H2,1-2H3. The molecule has 14 heavy (non-hydrogen) atoms. The van der Waals surface area contributed by atoms with Crippen LogP contribution >= 0.6 is 0 Å². The number of hydroxylamine groups is 1. The Morgan fingerprint density at radius 2 is 2.07 bits per heavy atom. The lowest BCUT2D eigenvalue weighted by Crippen LogP contribution is -2.10. The molecule has 0 aliphatic rings. The predicted molar refractivity (Wildman–Crippen MR) is 48.1 cm³/mol. The minimum atomic E-state index is -0.487. The normalized spacial score (nSPS) is 10.0. The topological polar surface area (TPSA) is 50.7 Å². The number of rotatable bonds is 4. The highest BCUT2D eigenvalue weighted by molar-refractivity contribution is 5.45. The summed E-state index contributed by atoms with van der Waals surface area (Å²) < 4.78 is 23.1. The summed E-state index contributed by atoms with van der Waals surface area (Å²) in [5, 5.41) is 8.57. The second kappa shape index (κ2) is 4.78. The fourth-order valence-electron chi connectivity index (χ4n) is 1.24. The highest BCUT2D eigenvalue weighted by atomic mass is 19.1. The molecule has 0 saturated carbocycles. The molecule has 0 bridgehead atoms. The van der Waals surface area contributed by atoms with E-state index in [1.807, 2.05) is 5.48 Å². The number of methoxy groups -OCH3 is 2. The molecule has 0 atom stereocenters. The molecule has 0 unspecified atom stereocenters. The van der Waals surface area contributed by atoms with Gasteiger partial charge in [-0.1, -0.05) is 0 Å². The van der Waals surface area contributed by atoms with Crippen molar-refractivity contribution < 1.29 is 19.1 Å². The van der Waals surface area contributed by atoms with Crippen LogP contribution < -0.4 is 15.0 Å². The molecule has 0 aliphatic heterocycles. The summed E-state index contributed by atoms with van der Waals surface area (Å²) >= 11 is 0. The second-order valence-electron chi connectivity index (χ2n) is 2.60. The number of ether oxygens (including phenoxy) is 2. The van der Waals surface area contributed by atoms with Crippen LogP contribution in [0.15, 0.2) is 12.1 Å². The number of halogens is 1. The molecule has 0 aromatic heterocycles. The molecule has 4 nitrogen and oxygen atoms in total. The lowest BCUT2D eigenvalue weighted by atomic mass is 10.1. The average Bonchev–Trinajstić information content (AvgIpc) is 2.19. The van der Waals surface area contributed by atoms with Gasteiger partial charge in [-0.15, -0.1) is 0 Å². The van der Waals surface area contributed by atoms with E-state index in [4.69, 9.17) is 14.7 Å². The minimum absolute atomic E-state index is 0.0596. The van der Waals surface area contributed by atoms with Crippen LogP contribution in [-0.4, -0.2) is 19.4 Å². The largest absolute Gasteiger partial charge is 0.496 e. The van der Waals surface area contributed by atoms with Gasteiger partial charge < -0.3 is 14.7 Å². The van der Waals surface area contributed by atoms with Crippen LogP contribution in [0.3, 0.4) is 0 Å². The van der Waals surface area contributed by atoms with E-state index in [0.717, 1.165) is 0 Å². The Labute approximate surface area is 81.2 Å². The van der Waals surface area contributed by atoms with Gasteiger partial charge in [-0.25, -0.2) is 9.87 Å². The first-order valence-corrected chi connectivity index (χ1v) is 4.01. The predicted octanol–water partition coefficient (Wildman–Crippen LogP) is 1.32. The Kier molecular flexibility index (Phi) is 3.67. The summed E-state index contributed by atoms with van der Waals surface area (Å²) in [7, 11) is 2.83. The van der Waals surface area contributed by atoms with Crippen molar-refractivity contribution in [2.24, 2.45) is 0 Å². The van der Waals surface area contributed by atoms with Gasteiger partial charge in [0.05, 0.1) is 26.3 Å². The molecule has 1 aromatic carbocycles. The zero-order chi connectivity index (χ0) is 10.6. The third-order valence-electron chi connectivity index (χ3n) is 1.85. The van der Waals surface area contributed by atoms with Crippen LogP contribution in [0, 0.1) is 5.82 Å². The molecule has 78 valence electrons. The van der Waals surface area contributed by atoms with Crippen LogP contribution in [-0.2, 0) is 6.54 Å². The van der Waals surface area contributed by atoms with E-state index in [-0.39, 0.29) is 12.3 Å². The molecule has 1 aromatic rings. The molecular formula is C9H12FNO3. The third-order valence-corrected chi connectivity index (χ3v) is 1.85. The quantitative estimate of drug-likeness (QED) is 0.721. The molecule has 0 saturated heterocycles. The highest BCUT2D eigenvalue weighted by Gasteiger charge is 2.14. The zero-order valence-corrected chi connectivity index (χ0v) is 8.00. The van der Waals surface area contributed by atoms with Crippen LogP contribution in [0.4, 0.5) is 4.39 Å². The summed E-state index contributed by atoms with van der Waals surface area (Å²) in [5.74, 6) is 0.0502. The minimum Gasteiger partial charge on any atom is -0.496 e. The molecule has 0 radical (unpaired) electrons. The maximum atomic E-state index is 13.2. The summed E-state index contributed by atoms with van der Waals surface area (Å²) in [4.78, 5) is 0.